The number of hydrogen-bond donors (Lipinski definition) is 0. The largest absolute Gasteiger partial charge is 0.573 e. The summed E-state index contributed by atoms with van der Waals surface area (Å²) in [5.74, 6) is -2.07. The van der Waals surface area contributed by atoms with E-state index in [0.717, 1.165) is 12.1 Å². The standard InChI is InChI=1S/C11H8F3NO3/c1-2-15-8-4-3-6(18-11(12,13)14)5-7(8)9(16)10(15)17/h3-5H,2H2,1H3. The van der Waals surface area contributed by atoms with Gasteiger partial charge in [-0.3, -0.25) is 9.59 Å². The SMILES string of the molecule is CCN1C(=O)C(=O)c2cc(OC(F)(F)F)ccc21. The molecular formula is C11H8F3NO3. The molecule has 1 aliphatic rings. The molecule has 1 aromatic rings. The van der Waals surface area contributed by atoms with Gasteiger partial charge in [0.05, 0.1) is 11.3 Å². The Labute approximate surface area is 99.9 Å². The fraction of sp³-hybridized carbons (Fsp3) is 0.273. The Morgan fingerprint density at radius 3 is 2.50 bits per heavy atom. The zero-order valence-electron chi connectivity index (χ0n) is 9.25. The van der Waals surface area contributed by atoms with E-state index in [1.54, 1.807) is 6.92 Å². The minimum absolute atomic E-state index is 0.0661. The number of anilines is 1. The lowest BCUT2D eigenvalue weighted by Gasteiger charge is -2.14. The van der Waals surface area contributed by atoms with Crippen LogP contribution in [0.1, 0.15) is 17.3 Å². The zero-order chi connectivity index (χ0) is 13.5. The predicted molar refractivity (Wildman–Crippen MR) is 55.5 cm³/mol. The number of carbonyl (C=O) groups excluding carboxylic acids is 2. The van der Waals surface area contributed by atoms with E-state index < -0.39 is 23.8 Å². The van der Waals surface area contributed by atoms with Gasteiger partial charge in [0, 0.05) is 6.54 Å². The number of nitrogens with zero attached hydrogens (tertiary/aromatic N) is 1. The van der Waals surface area contributed by atoms with Crippen LogP contribution in [0, 0.1) is 0 Å². The van der Waals surface area contributed by atoms with Gasteiger partial charge < -0.3 is 9.64 Å². The lowest BCUT2D eigenvalue weighted by molar-refractivity contribution is -0.274. The summed E-state index contributed by atoms with van der Waals surface area (Å²) in [5, 5.41) is 0. The molecule has 0 unspecified atom stereocenters. The van der Waals surface area contributed by atoms with Crippen molar-refractivity contribution in [1.29, 1.82) is 0 Å². The van der Waals surface area contributed by atoms with Gasteiger partial charge in [-0.1, -0.05) is 0 Å². The van der Waals surface area contributed by atoms with Crippen LogP contribution in [0.3, 0.4) is 0 Å². The molecule has 7 heteroatoms. The summed E-state index contributed by atoms with van der Waals surface area (Å²) in [7, 11) is 0. The predicted octanol–water partition coefficient (Wildman–Crippen LogP) is 2.13. The van der Waals surface area contributed by atoms with Gasteiger partial charge >= 0.3 is 6.36 Å². The van der Waals surface area contributed by atoms with Gasteiger partial charge in [0.2, 0.25) is 0 Å². The first-order valence-electron chi connectivity index (χ1n) is 5.09. The van der Waals surface area contributed by atoms with Crippen LogP contribution in [-0.4, -0.2) is 24.6 Å². The summed E-state index contributed by atoms with van der Waals surface area (Å²) < 4.78 is 39.8. The molecule has 0 aliphatic carbocycles. The highest BCUT2D eigenvalue weighted by Crippen LogP contribution is 2.33. The van der Waals surface area contributed by atoms with E-state index in [1.165, 1.54) is 11.0 Å². The third-order valence-corrected chi connectivity index (χ3v) is 2.49. The average Bonchev–Trinajstić information content (AvgIpc) is 2.50. The highest BCUT2D eigenvalue weighted by atomic mass is 19.4. The second-order valence-electron chi connectivity index (χ2n) is 3.61. The molecular weight excluding hydrogens is 251 g/mol. The van der Waals surface area contributed by atoms with Crippen LogP contribution >= 0.6 is 0 Å². The molecule has 2 rings (SSSR count). The number of likely N-dealkylation sites (N-methyl/N-ethyl adjacent to an activating group) is 1. The van der Waals surface area contributed by atoms with Crippen LogP contribution in [0.15, 0.2) is 18.2 Å². The van der Waals surface area contributed by atoms with Gasteiger partial charge in [0.1, 0.15) is 5.75 Å². The molecule has 0 radical (unpaired) electrons. The minimum Gasteiger partial charge on any atom is -0.406 e. The van der Waals surface area contributed by atoms with Gasteiger partial charge in [0.15, 0.2) is 0 Å². The van der Waals surface area contributed by atoms with Crippen LogP contribution < -0.4 is 9.64 Å². The first-order chi connectivity index (χ1) is 8.33. The van der Waals surface area contributed by atoms with Crippen LogP contribution in [0.2, 0.25) is 0 Å². The summed E-state index contributed by atoms with van der Waals surface area (Å²) in [4.78, 5) is 24.3. The monoisotopic (exact) mass is 259 g/mol. The van der Waals surface area contributed by atoms with E-state index in [4.69, 9.17) is 0 Å². The maximum absolute atomic E-state index is 12.0. The van der Waals surface area contributed by atoms with E-state index in [0.29, 0.717) is 5.69 Å². The Balaban J connectivity index is 2.40. The highest BCUT2D eigenvalue weighted by molar-refractivity contribution is 6.52. The van der Waals surface area contributed by atoms with Gasteiger partial charge in [-0.05, 0) is 25.1 Å². The van der Waals surface area contributed by atoms with Gasteiger partial charge in [-0.2, -0.15) is 0 Å². The number of amides is 1. The topological polar surface area (TPSA) is 46.6 Å². The van der Waals surface area contributed by atoms with Crippen LogP contribution in [0.5, 0.6) is 5.75 Å². The maximum Gasteiger partial charge on any atom is 0.573 e. The molecule has 1 aliphatic heterocycles. The van der Waals surface area contributed by atoms with Gasteiger partial charge in [-0.25, -0.2) is 0 Å². The van der Waals surface area contributed by atoms with E-state index in [1.807, 2.05) is 0 Å². The van der Waals surface area contributed by atoms with E-state index in [-0.39, 0.29) is 12.1 Å². The molecule has 0 N–H and O–H groups in total. The number of halogens is 3. The lowest BCUT2D eigenvalue weighted by Crippen LogP contribution is -2.29. The number of alkyl halides is 3. The lowest BCUT2D eigenvalue weighted by atomic mass is 10.1. The number of Topliss-reactive ketones (excluding diaryl/α,β-unsaturated/α-hetero) is 1. The summed E-state index contributed by atoms with van der Waals surface area (Å²) in [6.45, 7) is 1.94. The molecule has 96 valence electrons. The molecule has 1 aromatic carbocycles. The Kier molecular flexibility index (Phi) is 2.76. The third-order valence-electron chi connectivity index (χ3n) is 2.49. The molecule has 0 fully saturated rings. The Morgan fingerprint density at radius 1 is 1.28 bits per heavy atom. The first-order valence-corrected chi connectivity index (χ1v) is 5.09. The molecule has 0 aromatic heterocycles. The normalized spacial score (nSPS) is 15.0. The van der Waals surface area contributed by atoms with E-state index >= 15 is 0 Å². The van der Waals surface area contributed by atoms with Crippen molar-refractivity contribution in [3.63, 3.8) is 0 Å². The van der Waals surface area contributed by atoms with Crippen molar-refractivity contribution in [2.24, 2.45) is 0 Å². The number of ketones is 1. The molecule has 1 amide bonds. The van der Waals surface area contributed by atoms with Crippen LogP contribution in [-0.2, 0) is 4.79 Å². The van der Waals surface area contributed by atoms with E-state index in [2.05, 4.69) is 4.74 Å². The average molecular weight is 259 g/mol. The summed E-state index contributed by atoms with van der Waals surface area (Å²) in [6, 6.07) is 3.27. The molecule has 0 saturated carbocycles. The van der Waals surface area contributed by atoms with Crippen LogP contribution in [0.25, 0.3) is 0 Å². The molecule has 0 spiro atoms. The fourth-order valence-electron chi connectivity index (χ4n) is 1.79. The van der Waals surface area contributed by atoms with Crippen molar-refractivity contribution in [2.45, 2.75) is 13.3 Å². The maximum atomic E-state index is 12.0. The molecule has 0 atom stereocenters. The quantitative estimate of drug-likeness (QED) is 0.764. The molecule has 4 nitrogen and oxygen atoms in total. The number of fused-ring (bicyclic) bond motifs is 1. The van der Waals surface area contributed by atoms with Gasteiger partial charge in [-0.15, -0.1) is 13.2 Å². The van der Waals surface area contributed by atoms with Crippen molar-refractivity contribution < 1.29 is 27.5 Å². The summed E-state index contributed by atoms with van der Waals surface area (Å²) in [6.07, 6.45) is -4.83. The van der Waals surface area contributed by atoms with E-state index in [9.17, 15) is 22.8 Å². The first kappa shape index (κ1) is 12.4. The van der Waals surface area contributed by atoms with Gasteiger partial charge in [0.25, 0.3) is 11.7 Å². The zero-order valence-corrected chi connectivity index (χ0v) is 9.25. The highest BCUT2D eigenvalue weighted by Gasteiger charge is 2.36. The number of hydrogen-bond acceptors (Lipinski definition) is 3. The molecule has 1 heterocycles. The Hall–Kier alpha value is -2.05. The second kappa shape index (κ2) is 4.01. The number of carbonyl (C=O) groups is 2. The summed E-state index contributed by atoms with van der Waals surface area (Å²) in [5.41, 5.74) is 0.241. The van der Waals surface area contributed by atoms with Crippen LogP contribution in [0.4, 0.5) is 18.9 Å². The smallest absolute Gasteiger partial charge is 0.406 e. The Morgan fingerprint density at radius 2 is 1.94 bits per heavy atom. The molecule has 18 heavy (non-hydrogen) atoms. The molecule has 0 bridgehead atoms. The van der Waals surface area contributed by atoms with Crippen molar-refractivity contribution in [1.82, 2.24) is 0 Å². The minimum atomic E-state index is -4.83. The van der Waals surface area contributed by atoms with Crippen molar-refractivity contribution in [3.05, 3.63) is 23.8 Å². The molecule has 0 saturated heterocycles. The number of rotatable bonds is 2. The number of ether oxygens (including phenoxy) is 1. The Bertz CT molecular complexity index is 525. The van der Waals surface area contributed by atoms with Crippen molar-refractivity contribution >= 4 is 17.4 Å². The second-order valence-corrected chi connectivity index (χ2v) is 3.61. The van der Waals surface area contributed by atoms with Crippen molar-refractivity contribution in [3.8, 4) is 5.75 Å². The summed E-state index contributed by atoms with van der Waals surface area (Å²) >= 11 is 0. The fourth-order valence-corrected chi connectivity index (χ4v) is 1.79. The van der Waals surface area contributed by atoms with Crippen molar-refractivity contribution in [2.75, 3.05) is 11.4 Å². The third kappa shape index (κ3) is 2.03. The number of benzene rings is 1.